The second-order valence-corrected chi connectivity index (χ2v) is 9.68. The Hall–Kier alpha value is -2.84. The monoisotopic (exact) mass is 484 g/mol. The summed E-state index contributed by atoms with van der Waals surface area (Å²) in [5.41, 5.74) is 2.71. The summed E-state index contributed by atoms with van der Waals surface area (Å²) in [6.07, 6.45) is 9.36. The summed E-state index contributed by atoms with van der Waals surface area (Å²) in [6.45, 7) is 11.1. The highest BCUT2D eigenvalue weighted by atomic mass is 35.5. The van der Waals surface area contributed by atoms with Gasteiger partial charge in [-0.05, 0) is 71.2 Å². The zero-order chi connectivity index (χ0) is 24.9. The minimum absolute atomic E-state index is 0.0193. The van der Waals surface area contributed by atoms with E-state index in [4.69, 9.17) is 11.6 Å². The van der Waals surface area contributed by atoms with Gasteiger partial charge in [0, 0.05) is 18.0 Å². The molecule has 0 aliphatic carbocycles. The van der Waals surface area contributed by atoms with Crippen LogP contribution in [0, 0.1) is 6.92 Å². The predicted octanol–water partition coefficient (Wildman–Crippen LogP) is 4.47. The molecule has 1 unspecified atom stereocenters. The number of anilines is 2. The van der Waals surface area contributed by atoms with E-state index in [2.05, 4.69) is 44.3 Å². The van der Waals surface area contributed by atoms with E-state index in [1.54, 1.807) is 44.6 Å². The molecular formula is C25H33ClN6O2. The van der Waals surface area contributed by atoms with Crippen LogP contribution in [0.15, 0.2) is 44.6 Å². The SMILES string of the molecule is CCC1\C=C(Cl)/N=C\C(C)=C(/C(=O)Nc2cc(NC(=O)CN3CCCC3(C)C)cnc2C)C=N1. The van der Waals surface area contributed by atoms with E-state index in [0.29, 0.717) is 39.9 Å². The summed E-state index contributed by atoms with van der Waals surface area (Å²) in [5, 5.41) is 6.14. The lowest BCUT2D eigenvalue weighted by molar-refractivity contribution is -0.118. The standard InChI is InChI=1S/C25H33ClN6O2/c1-6-18-11-22(26)29-12-16(2)20(14-28-18)24(34)31-21-10-19(13-27-17(21)3)30-23(33)15-32-9-7-8-25(32,4)5/h10-14,18H,6-9,15H2,1-5H3,(H,30,33)(H,31,34)/b20-16-,22-11-,28-14?,29-12-. The number of nitrogens with zero attached hydrogens (tertiary/aromatic N) is 4. The molecule has 2 amide bonds. The van der Waals surface area contributed by atoms with Crippen LogP contribution in [0.5, 0.6) is 0 Å². The van der Waals surface area contributed by atoms with E-state index in [9.17, 15) is 9.59 Å². The number of aromatic nitrogens is 1. The molecule has 34 heavy (non-hydrogen) atoms. The van der Waals surface area contributed by atoms with Crippen LogP contribution in [-0.4, -0.2) is 58.8 Å². The molecule has 182 valence electrons. The third kappa shape index (κ3) is 6.61. The molecule has 0 aromatic carbocycles. The van der Waals surface area contributed by atoms with Crippen molar-refractivity contribution in [2.75, 3.05) is 23.7 Å². The highest BCUT2D eigenvalue weighted by Crippen LogP contribution is 2.28. The average Bonchev–Trinajstić information content (AvgIpc) is 3.13. The van der Waals surface area contributed by atoms with Gasteiger partial charge in [0.2, 0.25) is 5.91 Å². The van der Waals surface area contributed by atoms with Crippen molar-refractivity contribution in [1.29, 1.82) is 0 Å². The van der Waals surface area contributed by atoms with Crippen LogP contribution < -0.4 is 10.6 Å². The van der Waals surface area contributed by atoms with E-state index < -0.39 is 0 Å². The van der Waals surface area contributed by atoms with Crippen molar-refractivity contribution in [3.8, 4) is 0 Å². The number of nitrogens with one attached hydrogen (secondary N) is 2. The topological polar surface area (TPSA) is 99.0 Å². The first-order valence-electron chi connectivity index (χ1n) is 11.6. The summed E-state index contributed by atoms with van der Waals surface area (Å²) < 4.78 is 0. The Morgan fingerprint density at radius 2 is 2.00 bits per heavy atom. The van der Waals surface area contributed by atoms with Crippen molar-refractivity contribution in [3.05, 3.63) is 40.3 Å². The van der Waals surface area contributed by atoms with Gasteiger partial charge in [0.25, 0.3) is 5.91 Å². The van der Waals surface area contributed by atoms with Crippen molar-refractivity contribution >= 4 is 47.2 Å². The van der Waals surface area contributed by atoms with Crippen LogP contribution in [0.25, 0.3) is 0 Å². The van der Waals surface area contributed by atoms with Crippen molar-refractivity contribution < 1.29 is 9.59 Å². The molecule has 1 saturated heterocycles. The minimum atomic E-state index is -0.340. The van der Waals surface area contributed by atoms with Crippen molar-refractivity contribution in [2.24, 2.45) is 9.98 Å². The largest absolute Gasteiger partial charge is 0.324 e. The Bertz CT molecular complexity index is 1070. The van der Waals surface area contributed by atoms with Crippen molar-refractivity contribution in [3.63, 3.8) is 0 Å². The number of aryl methyl sites for hydroxylation is 1. The number of rotatable bonds is 6. The van der Waals surface area contributed by atoms with Crippen molar-refractivity contribution in [2.45, 2.75) is 65.5 Å². The molecule has 0 bridgehead atoms. The molecule has 2 N–H and O–H groups in total. The first-order valence-corrected chi connectivity index (χ1v) is 11.9. The summed E-state index contributed by atoms with van der Waals surface area (Å²) >= 11 is 6.13. The minimum Gasteiger partial charge on any atom is -0.324 e. The van der Waals surface area contributed by atoms with Crippen LogP contribution in [0.1, 0.15) is 52.7 Å². The number of carbonyl (C=O) groups is 2. The van der Waals surface area contributed by atoms with Crippen LogP contribution in [-0.2, 0) is 9.59 Å². The fourth-order valence-electron chi connectivity index (χ4n) is 3.95. The maximum atomic E-state index is 13.1. The highest BCUT2D eigenvalue weighted by Gasteiger charge is 2.32. The Kier molecular flexibility index (Phi) is 8.38. The number of amides is 2. The van der Waals surface area contributed by atoms with Gasteiger partial charge in [-0.1, -0.05) is 18.5 Å². The smallest absolute Gasteiger partial charge is 0.257 e. The number of aliphatic imine (C=N–C) groups is 2. The Morgan fingerprint density at radius 3 is 2.68 bits per heavy atom. The maximum Gasteiger partial charge on any atom is 0.257 e. The van der Waals surface area contributed by atoms with E-state index in [0.717, 1.165) is 25.8 Å². The van der Waals surface area contributed by atoms with Gasteiger partial charge in [-0.25, -0.2) is 4.99 Å². The number of allylic oxidation sites excluding steroid dienone is 1. The molecule has 9 heteroatoms. The molecule has 1 aromatic heterocycles. The Labute approximate surface area is 206 Å². The van der Waals surface area contributed by atoms with E-state index in [1.165, 1.54) is 0 Å². The lowest BCUT2D eigenvalue weighted by atomic mass is 10.0. The lowest BCUT2D eigenvalue weighted by Gasteiger charge is -2.30. The van der Waals surface area contributed by atoms with Gasteiger partial charge in [0.05, 0.1) is 41.4 Å². The number of hydrogen-bond acceptors (Lipinski definition) is 6. The molecule has 0 radical (unpaired) electrons. The third-order valence-corrected chi connectivity index (χ3v) is 6.44. The fourth-order valence-corrected chi connectivity index (χ4v) is 4.15. The molecule has 1 atom stereocenters. The summed E-state index contributed by atoms with van der Waals surface area (Å²) in [7, 11) is 0. The molecule has 2 aliphatic rings. The summed E-state index contributed by atoms with van der Waals surface area (Å²) in [5.74, 6) is -0.446. The Balaban J connectivity index is 1.74. The normalized spacial score (nSPS) is 25.0. The first-order chi connectivity index (χ1) is 16.1. The lowest BCUT2D eigenvalue weighted by Crippen LogP contribution is -2.42. The van der Waals surface area contributed by atoms with Gasteiger partial charge in [-0.15, -0.1) is 0 Å². The molecule has 1 aromatic rings. The summed E-state index contributed by atoms with van der Waals surface area (Å²) in [4.78, 5) is 41.0. The molecule has 3 rings (SSSR count). The quantitative estimate of drug-likeness (QED) is 0.582. The molecule has 2 aliphatic heterocycles. The van der Waals surface area contributed by atoms with Gasteiger partial charge in [-0.2, -0.15) is 0 Å². The summed E-state index contributed by atoms with van der Waals surface area (Å²) in [6, 6.07) is 1.55. The zero-order valence-corrected chi connectivity index (χ0v) is 21.2. The molecular weight excluding hydrogens is 452 g/mol. The molecule has 0 saturated carbocycles. The second kappa shape index (κ2) is 11.1. The van der Waals surface area contributed by atoms with E-state index in [-0.39, 0.29) is 23.4 Å². The zero-order valence-electron chi connectivity index (χ0n) is 20.5. The fraction of sp³-hybridized carbons (Fsp3) is 0.480. The van der Waals surface area contributed by atoms with Gasteiger partial charge in [-0.3, -0.25) is 24.5 Å². The predicted molar refractivity (Wildman–Crippen MR) is 139 cm³/mol. The Morgan fingerprint density at radius 1 is 1.24 bits per heavy atom. The molecule has 8 nitrogen and oxygen atoms in total. The number of hydrogen-bond donors (Lipinski definition) is 2. The second-order valence-electron chi connectivity index (χ2n) is 9.29. The van der Waals surface area contributed by atoms with Gasteiger partial charge < -0.3 is 10.6 Å². The molecule has 1 fully saturated rings. The highest BCUT2D eigenvalue weighted by molar-refractivity contribution is 6.30. The average molecular weight is 485 g/mol. The van der Waals surface area contributed by atoms with Gasteiger partial charge >= 0.3 is 0 Å². The third-order valence-electron chi connectivity index (χ3n) is 6.22. The van der Waals surface area contributed by atoms with Gasteiger partial charge in [0.15, 0.2) is 0 Å². The number of pyridine rings is 1. The number of halogens is 1. The van der Waals surface area contributed by atoms with Crippen molar-refractivity contribution in [1.82, 2.24) is 9.88 Å². The van der Waals surface area contributed by atoms with Gasteiger partial charge in [0.1, 0.15) is 5.16 Å². The van der Waals surface area contributed by atoms with E-state index >= 15 is 0 Å². The van der Waals surface area contributed by atoms with Crippen LogP contribution in [0.3, 0.4) is 0 Å². The molecule has 0 spiro atoms. The van der Waals surface area contributed by atoms with Crippen LogP contribution in [0.2, 0.25) is 0 Å². The number of carbonyl (C=O) groups excluding carboxylic acids is 2. The maximum absolute atomic E-state index is 13.1. The molecule has 3 heterocycles. The van der Waals surface area contributed by atoms with Crippen LogP contribution >= 0.6 is 11.6 Å². The first kappa shape index (κ1) is 25.8. The van der Waals surface area contributed by atoms with E-state index in [1.807, 2.05) is 6.92 Å². The van der Waals surface area contributed by atoms with Crippen LogP contribution in [0.4, 0.5) is 11.4 Å². The number of likely N-dealkylation sites (tertiary alicyclic amines) is 1.